The average Bonchev–Trinajstić information content (AvgIpc) is 3.51. The molecule has 0 aliphatic rings. The van der Waals surface area contributed by atoms with Gasteiger partial charge in [0.15, 0.2) is 0 Å². The van der Waals surface area contributed by atoms with Crippen LogP contribution in [0, 0.1) is 0 Å². The van der Waals surface area contributed by atoms with E-state index < -0.39 is 0 Å². The van der Waals surface area contributed by atoms with Crippen LogP contribution in [0.25, 0.3) is 34.0 Å². The number of benzene rings is 3. The van der Waals surface area contributed by atoms with Gasteiger partial charge in [-0.25, -0.2) is 9.59 Å². The van der Waals surface area contributed by atoms with E-state index >= 15 is 0 Å². The van der Waals surface area contributed by atoms with Crippen LogP contribution < -0.4 is 0 Å². The maximum atomic E-state index is 12.4. The molecule has 0 aliphatic heterocycles. The number of hydrogen-bond donors (Lipinski definition) is 0. The van der Waals surface area contributed by atoms with Gasteiger partial charge in [0.2, 0.25) is 11.8 Å². The molecule has 0 atom stereocenters. The van der Waals surface area contributed by atoms with Crippen molar-refractivity contribution in [3.05, 3.63) is 97.1 Å². The van der Waals surface area contributed by atoms with E-state index in [4.69, 9.17) is 13.9 Å². The molecule has 4 rings (SSSR count). The van der Waals surface area contributed by atoms with Gasteiger partial charge in [-0.1, -0.05) is 81.1 Å². The Kier molecular flexibility index (Phi) is 10.8. The number of ether oxygens (including phenoxy) is 2. The summed E-state index contributed by atoms with van der Waals surface area (Å²) in [5, 5.41) is 8.33. The smallest absolute Gasteiger partial charge is 0.338 e. The van der Waals surface area contributed by atoms with Gasteiger partial charge in [-0.15, -0.1) is 10.2 Å². The zero-order valence-electron chi connectivity index (χ0n) is 22.6. The van der Waals surface area contributed by atoms with Crippen molar-refractivity contribution in [2.75, 3.05) is 13.2 Å². The van der Waals surface area contributed by atoms with Crippen molar-refractivity contribution in [1.29, 1.82) is 0 Å². The summed E-state index contributed by atoms with van der Waals surface area (Å²) in [6.07, 6.45) is 8.28. The monoisotopic (exact) mass is 538 g/mol. The van der Waals surface area contributed by atoms with Crippen LogP contribution in [0.15, 0.2) is 95.9 Å². The van der Waals surface area contributed by atoms with Crippen LogP contribution in [0.4, 0.5) is 0 Å². The van der Waals surface area contributed by atoms with Crippen molar-refractivity contribution in [2.45, 2.75) is 44.9 Å². The van der Waals surface area contributed by atoms with Gasteiger partial charge in [0.25, 0.3) is 0 Å². The molecule has 0 spiro atoms. The minimum atomic E-state index is -0.365. The van der Waals surface area contributed by atoms with Crippen LogP contribution in [0.3, 0.4) is 0 Å². The number of carbonyl (C=O) groups is 2. The van der Waals surface area contributed by atoms with E-state index in [9.17, 15) is 9.59 Å². The standard InChI is InChI=1S/C33H34N2O5/c1-2-30(36)38-23-11-6-4-3-5-7-12-24-39-33(37)29-21-17-26(18-22-29)25-15-19-28(20-16-25)32-35-34-31(40-32)27-13-9-8-10-14-27/h2,8-10,13-22H,1,3-7,11-12,23-24H2. The van der Waals surface area contributed by atoms with E-state index in [0.717, 1.165) is 67.2 Å². The molecule has 0 saturated heterocycles. The van der Waals surface area contributed by atoms with Gasteiger partial charge in [-0.05, 0) is 60.4 Å². The Labute approximate surface area is 234 Å². The molecule has 1 aromatic heterocycles. The van der Waals surface area contributed by atoms with E-state index in [0.29, 0.717) is 30.6 Å². The molecular weight excluding hydrogens is 504 g/mol. The Bertz CT molecular complexity index is 1360. The Morgan fingerprint density at radius 3 is 1.68 bits per heavy atom. The second-order valence-corrected chi connectivity index (χ2v) is 9.42. The van der Waals surface area contributed by atoms with Gasteiger partial charge in [0.05, 0.1) is 18.8 Å². The molecular formula is C33H34N2O5. The SMILES string of the molecule is C=CC(=O)OCCCCCCCCCOC(=O)c1ccc(-c2ccc(-c3nnc(-c4ccccc4)o3)cc2)cc1. The third-order valence-corrected chi connectivity index (χ3v) is 6.46. The lowest BCUT2D eigenvalue weighted by Crippen LogP contribution is -2.06. The topological polar surface area (TPSA) is 91.5 Å². The van der Waals surface area contributed by atoms with Crippen molar-refractivity contribution in [1.82, 2.24) is 10.2 Å². The molecule has 0 N–H and O–H groups in total. The Morgan fingerprint density at radius 2 is 1.10 bits per heavy atom. The van der Waals surface area contributed by atoms with Crippen LogP contribution in [0.5, 0.6) is 0 Å². The predicted octanol–water partition coefficient (Wildman–Crippen LogP) is 7.69. The molecule has 1 heterocycles. The first kappa shape index (κ1) is 28.5. The molecule has 0 radical (unpaired) electrons. The first-order valence-corrected chi connectivity index (χ1v) is 13.7. The first-order chi connectivity index (χ1) is 19.6. The largest absolute Gasteiger partial charge is 0.463 e. The minimum absolute atomic E-state index is 0.304. The molecule has 0 amide bonds. The molecule has 3 aromatic carbocycles. The third-order valence-electron chi connectivity index (χ3n) is 6.46. The fourth-order valence-corrected chi connectivity index (χ4v) is 4.21. The van der Waals surface area contributed by atoms with Crippen LogP contribution in [-0.4, -0.2) is 35.3 Å². The Hall–Kier alpha value is -4.52. The summed E-state index contributed by atoms with van der Waals surface area (Å²) < 4.78 is 16.2. The zero-order valence-corrected chi connectivity index (χ0v) is 22.6. The van der Waals surface area contributed by atoms with Gasteiger partial charge in [0.1, 0.15) is 0 Å². The van der Waals surface area contributed by atoms with Crippen molar-refractivity contribution in [3.63, 3.8) is 0 Å². The summed E-state index contributed by atoms with van der Waals surface area (Å²) in [5.74, 6) is 0.282. The number of hydrogen-bond acceptors (Lipinski definition) is 7. The number of nitrogens with zero attached hydrogens (tertiary/aromatic N) is 2. The summed E-state index contributed by atoms with van der Waals surface area (Å²) in [6, 6.07) is 25.0. The lowest BCUT2D eigenvalue weighted by atomic mass is 10.0. The maximum absolute atomic E-state index is 12.4. The predicted molar refractivity (Wildman–Crippen MR) is 154 cm³/mol. The number of carbonyl (C=O) groups excluding carboxylic acids is 2. The molecule has 206 valence electrons. The summed E-state index contributed by atoms with van der Waals surface area (Å²) >= 11 is 0. The molecule has 4 aromatic rings. The quantitative estimate of drug-likeness (QED) is 0.0870. The summed E-state index contributed by atoms with van der Waals surface area (Å²) in [6.45, 7) is 4.24. The maximum Gasteiger partial charge on any atom is 0.338 e. The summed E-state index contributed by atoms with van der Waals surface area (Å²) in [5.41, 5.74) is 4.27. The van der Waals surface area contributed by atoms with Crippen molar-refractivity contribution >= 4 is 11.9 Å². The van der Waals surface area contributed by atoms with Gasteiger partial charge < -0.3 is 13.9 Å². The van der Waals surface area contributed by atoms with Crippen LogP contribution in [-0.2, 0) is 14.3 Å². The number of unbranched alkanes of at least 4 members (excludes halogenated alkanes) is 6. The van der Waals surface area contributed by atoms with Crippen molar-refractivity contribution in [3.8, 4) is 34.0 Å². The highest BCUT2D eigenvalue weighted by Gasteiger charge is 2.11. The number of rotatable bonds is 15. The minimum Gasteiger partial charge on any atom is -0.463 e. The fourth-order valence-electron chi connectivity index (χ4n) is 4.21. The summed E-state index contributed by atoms with van der Waals surface area (Å²) in [4.78, 5) is 23.4. The fraction of sp³-hybridized carbons (Fsp3) is 0.273. The summed E-state index contributed by atoms with van der Waals surface area (Å²) in [7, 11) is 0. The lowest BCUT2D eigenvalue weighted by Gasteiger charge is -2.07. The highest BCUT2D eigenvalue weighted by Crippen LogP contribution is 2.27. The van der Waals surface area contributed by atoms with E-state index in [1.807, 2.05) is 66.7 Å². The van der Waals surface area contributed by atoms with Crippen LogP contribution >= 0.6 is 0 Å². The molecule has 0 saturated carbocycles. The van der Waals surface area contributed by atoms with E-state index in [2.05, 4.69) is 16.8 Å². The second-order valence-electron chi connectivity index (χ2n) is 9.42. The second kappa shape index (κ2) is 15.2. The van der Waals surface area contributed by atoms with Crippen molar-refractivity contribution in [2.24, 2.45) is 0 Å². The molecule has 7 nitrogen and oxygen atoms in total. The molecule has 0 unspecified atom stereocenters. The van der Waals surface area contributed by atoms with Crippen LogP contribution in [0.2, 0.25) is 0 Å². The van der Waals surface area contributed by atoms with Crippen molar-refractivity contribution < 1.29 is 23.5 Å². The highest BCUT2D eigenvalue weighted by atomic mass is 16.5. The van der Waals surface area contributed by atoms with Gasteiger partial charge in [0, 0.05) is 17.2 Å². The highest BCUT2D eigenvalue weighted by molar-refractivity contribution is 5.90. The van der Waals surface area contributed by atoms with E-state index in [1.54, 1.807) is 12.1 Å². The number of esters is 2. The Balaban J connectivity index is 1.15. The number of aromatic nitrogens is 2. The molecule has 0 aliphatic carbocycles. The molecule has 40 heavy (non-hydrogen) atoms. The molecule has 0 fully saturated rings. The average molecular weight is 539 g/mol. The third kappa shape index (κ3) is 8.50. The zero-order chi connectivity index (χ0) is 28.0. The normalized spacial score (nSPS) is 10.7. The van der Waals surface area contributed by atoms with Gasteiger partial charge in [-0.2, -0.15) is 0 Å². The van der Waals surface area contributed by atoms with Gasteiger partial charge >= 0.3 is 11.9 Å². The van der Waals surface area contributed by atoms with E-state index in [-0.39, 0.29) is 11.9 Å². The molecule has 0 bridgehead atoms. The van der Waals surface area contributed by atoms with E-state index in [1.165, 1.54) is 6.08 Å². The first-order valence-electron chi connectivity index (χ1n) is 13.7. The molecule has 7 heteroatoms. The Morgan fingerprint density at radius 1 is 0.625 bits per heavy atom. The lowest BCUT2D eigenvalue weighted by molar-refractivity contribution is -0.137. The van der Waals surface area contributed by atoms with Crippen LogP contribution in [0.1, 0.15) is 55.3 Å². The van der Waals surface area contributed by atoms with Gasteiger partial charge in [-0.3, -0.25) is 0 Å².